The van der Waals surface area contributed by atoms with Crippen molar-refractivity contribution in [1.82, 2.24) is 10.2 Å². The Balaban J connectivity index is 2.83. The molecule has 1 atom stereocenters. The van der Waals surface area contributed by atoms with Gasteiger partial charge in [-0.2, -0.15) is 0 Å². The Labute approximate surface area is 167 Å². The third kappa shape index (κ3) is 8.21. The fourth-order valence-electron chi connectivity index (χ4n) is 2.39. The van der Waals surface area contributed by atoms with Crippen LogP contribution in [-0.4, -0.2) is 55.0 Å². The number of hydrogen-bond acceptors (Lipinski definition) is 4. The Morgan fingerprint density at radius 3 is 2.54 bits per heavy atom. The highest BCUT2D eigenvalue weighted by Gasteiger charge is 2.09. The number of rotatable bonds is 8. The van der Waals surface area contributed by atoms with Crippen LogP contribution in [0, 0.1) is 17.3 Å². The van der Waals surface area contributed by atoms with Gasteiger partial charge in [-0.3, -0.25) is 10.2 Å². The second kappa shape index (κ2) is 11.8. The molecular weight excluding hydrogens is 352 g/mol. The van der Waals surface area contributed by atoms with Crippen LogP contribution < -0.4 is 11.1 Å². The molecule has 0 saturated heterocycles. The highest BCUT2D eigenvalue weighted by molar-refractivity contribution is 6.00. The van der Waals surface area contributed by atoms with Gasteiger partial charge in [-0.1, -0.05) is 30.9 Å². The van der Waals surface area contributed by atoms with Crippen molar-refractivity contribution >= 4 is 11.7 Å². The summed E-state index contributed by atoms with van der Waals surface area (Å²) in [7, 11) is 3.72. The standard InChI is InChI=1S/C22H30N4O2/c1-5-6-7-16(2)20(21(23)24)13-10-17-8-11-18(12-9-17)22(28)25-14-19(27)15-26(3)4/h6-9,11-12,19,27H,5,14-15H2,1-4H3,(H3,23,24)(H,25,28)/b7-6-,20-16+. The van der Waals surface area contributed by atoms with E-state index in [2.05, 4.69) is 17.2 Å². The van der Waals surface area contributed by atoms with Crippen molar-refractivity contribution in [3.05, 3.63) is 58.7 Å². The number of carbonyl (C=O) groups excluding carboxylic acids is 1. The molecule has 0 aliphatic heterocycles. The molecule has 0 aromatic heterocycles. The van der Waals surface area contributed by atoms with Crippen molar-refractivity contribution in [2.45, 2.75) is 26.4 Å². The lowest BCUT2D eigenvalue weighted by Crippen LogP contribution is -2.37. The minimum Gasteiger partial charge on any atom is -0.390 e. The molecule has 1 amide bonds. The molecule has 0 spiro atoms. The lowest BCUT2D eigenvalue weighted by molar-refractivity contribution is 0.0892. The quantitative estimate of drug-likeness (QED) is 0.239. The van der Waals surface area contributed by atoms with Crippen LogP contribution in [0.15, 0.2) is 47.6 Å². The smallest absolute Gasteiger partial charge is 0.251 e. The van der Waals surface area contributed by atoms with Crippen LogP contribution in [0.2, 0.25) is 0 Å². The van der Waals surface area contributed by atoms with Gasteiger partial charge in [0.1, 0.15) is 5.84 Å². The van der Waals surface area contributed by atoms with E-state index in [1.165, 1.54) is 0 Å². The summed E-state index contributed by atoms with van der Waals surface area (Å²) < 4.78 is 0. The van der Waals surface area contributed by atoms with E-state index < -0.39 is 6.10 Å². The SMILES string of the molecule is CC/C=C\C(C)=C(/C#Cc1ccc(C(=O)NCC(O)CN(C)C)cc1)C(=N)N. The second-order valence-corrected chi connectivity index (χ2v) is 6.74. The Hall–Kier alpha value is -2.88. The highest BCUT2D eigenvalue weighted by atomic mass is 16.3. The Bertz CT molecular complexity index is 796. The van der Waals surface area contributed by atoms with Gasteiger partial charge in [-0.15, -0.1) is 0 Å². The third-order valence-electron chi connectivity index (χ3n) is 3.82. The molecule has 0 fully saturated rings. The molecule has 1 aromatic carbocycles. The zero-order chi connectivity index (χ0) is 21.1. The first-order valence-electron chi connectivity index (χ1n) is 9.19. The van der Waals surface area contributed by atoms with Crippen LogP contribution in [0.1, 0.15) is 36.2 Å². The van der Waals surface area contributed by atoms with Crippen molar-refractivity contribution < 1.29 is 9.90 Å². The number of nitrogens with one attached hydrogen (secondary N) is 2. The van der Waals surface area contributed by atoms with Crippen LogP contribution in [-0.2, 0) is 0 Å². The number of aliphatic hydroxyl groups excluding tert-OH is 1. The molecule has 28 heavy (non-hydrogen) atoms. The van der Waals surface area contributed by atoms with Crippen LogP contribution in [0.4, 0.5) is 0 Å². The number of amides is 1. The summed E-state index contributed by atoms with van der Waals surface area (Å²) in [5.41, 5.74) is 8.18. The number of benzene rings is 1. The van der Waals surface area contributed by atoms with E-state index in [-0.39, 0.29) is 18.3 Å². The maximum Gasteiger partial charge on any atom is 0.251 e. The normalized spacial score (nSPS) is 12.9. The maximum atomic E-state index is 12.2. The summed E-state index contributed by atoms with van der Waals surface area (Å²) in [6.45, 7) is 4.57. The molecule has 150 valence electrons. The van der Waals surface area contributed by atoms with Crippen molar-refractivity contribution in [3.8, 4) is 11.8 Å². The van der Waals surface area contributed by atoms with E-state index in [1.54, 1.807) is 24.3 Å². The van der Waals surface area contributed by atoms with Crippen LogP contribution >= 0.6 is 0 Å². The Morgan fingerprint density at radius 2 is 2.00 bits per heavy atom. The molecular formula is C22H30N4O2. The van der Waals surface area contributed by atoms with Gasteiger partial charge in [0.2, 0.25) is 0 Å². The minimum absolute atomic E-state index is 0.0713. The molecule has 0 bridgehead atoms. The average molecular weight is 383 g/mol. The summed E-state index contributed by atoms with van der Waals surface area (Å²) in [6.07, 6.45) is 4.17. The molecule has 1 unspecified atom stereocenters. The van der Waals surface area contributed by atoms with Crippen molar-refractivity contribution in [3.63, 3.8) is 0 Å². The van der Waals surface area contributed by atoms with Gasteiger partial charge in [0, 0.05) is 24.2 Å². The molecule has 0 saturated carbocycles. The first-order valence-corrected chi connectivity index (χ1v) is 9.19. The number of carbonyl (C=O) groups is 1. The first kappa shape index (κ1) is 23.2. The molecule has 5 N–H and O–H groups in total. The molecule has 0 radical (unpaired) electrons. The summed E-state index contributed by atoms with van der Waals surface area (Å²) in [5, 5.41) is 20.2. The van der Waals surface area contributed by atoms with E-state index in [1.807, 2.05) is 45.0 Å². The van der Waals surface area contributed by atoms with Crippen molar-refractivity contribution in [2.24, 2.45) is 5.73 Å². The molecule has 0 aliphatic rings. The number of hydrogen-bond donors (Lipinski definition) is 4. The lowest BCUT2D eigenvalue weighted by atomic mass is 10.1. The Kier molecular flexibility index (Phi) is 9.72. The van der Waals surface area contributed by atoms with Gasteiger partial charge in [0.15, 0.2) is 0 Å². The van der Waals surface area contributed by atoms with E-state index in [9.17, 15) is 9.90 Å². The topological polar surface area (TPSA) is 102 Å². The van der Waals surface area contributed by atoms with Gasteiger partial charge in [-0.25, -0.2) is 0 Å². The van der Waals surface area contributed by atoms with E-state index in [0.717, 1.165) is 17.6 Å². The molecule has 0 heterocycles. The van der Waals surface area contributed by atoms with Gasteiger partial charge < -0.3 is 21.1 Å². The van der Waals surface area contributed by atoms with E-state index in [4.69, 9.17) is 11.1 Å². The van der Waals surface area contributed by atoms with Crippen molar-refractivity contribution in [2.75, 3.05) is 27.2 Å². The maximum absolute atomic E-state index is 12.2. The zero-order valence-corrected chi connectivity index (χ0v) is 17.0. The summed E-state index contributed by atoms with van der Waals surface area (Å²) >= 11 is 0. The molecule has 0 aliphatic carbocycles. The van der Waals surface area contributed by atoms with Gasteiger partial charge >= 0.3 is 0 Å². The number of nitrogens with zero attached hydrogens (tertiary/aromatic N) is 1. The van der Waals surface area contributed by atoms with Gasteiger partial charge in [0.25, 0.3) is 5.91 Å². The summed E-state index contributed by atoms with van der Waals surface area (Å²) in [4.78, 5) is 14.0. The number of amidine groups is 1. The number of nitrogens with two attached hydrogens (primary N) is 1. The third-order valence-corrected chi connectivity index (χ3v) is 3.82. The van der Waals surface area contributed by atoms with E-state index in [0.29, 0.717) is 17.7 Å². The fourth-order valence-corrected chi connectivity index (χ4v) is 2.39. The van der Waals surface area contributed by atoms with Crippen LogP contribution in [0.25, 0.3) is 0 Å². The number of aliphatic hydroxyl groups is 1. The van der Waals surface area contributed by atoms with E-state index >= 15 is 0 Å². The lowest BCUT2D eigenvalue weighted by Gasteiger charge is -2.16. The average Bonchev–Trinajstić information content (AvgIpc) is 2.64. The van der Waals surface area contributed by atoms with Crippen LogP contribution in [0.5, 0.6) is 0 Å². The van der Waals surface area contributed by atoms with Crippen molar-refractivity contribution in [1.29, 1.82) is 5.41 Å². The van der Waals surface area contributed by atoms with Crippen LogP contribution in [0.3, 0.4) is 0 Å². The first-order chi connectivity index (χ1) is 13.2. The minimum atomic E-state index is -0.620. The number of allylic oxidation sites excluding steroid dienone is 3. The second-order valence-electron chi connectivity index (χ2n) is 6.74. The highest BCUT2D eigenvalue weighted by Crippen LogP contribution is 2.07. The summed E-state index contributed by atoms with van der Waals surface area (Å²) in [5.74, 6) is 5.60. The number of likely N-dealkylation sites (N-methyl/N-ethyl adjacent to an activating group) is 1. The molecule has 1 aromatic rings. The Morgan fingerprint density at radius 1 is 1.36 bits per heavy atom. The monoisotopic (exact) mass is 382 g/mol. The molecule has 6 heteroatoms. The summed E-state index contributed by atoms with van der Waals surface area (Å²) in [6, 6.07) is 6.84. The molecule has 6 nitrogen and oxygen atoms in total. The fraction of sp³-hybridized carbons (Fsp3) is 0.364. The molecule has 1 rings (SSSR count). The van der Waals surface area contributed by atoms with Gasteiger partial charge in [0.05, 0.1) is 11.7 Å². The van der Waals surface area contributed by atoms with Gasteiger partial charge in [-0.05, 0) is 57.3 Å². The largest absolute Gasteiger partial charge is 0.390 e. The zero-order valence-electron chi connectivity index (χ0n) is 17.0. The predicted molar refractivity (Wildman–Crippen MR) is 114 cm³/mol. The predicted octanol–water partition coefficient (Wildman–Crippen LogP) is 1.91.